The molecule has 10 heteroatoms. The maximum Gasteiger partial charge on any atom is 0.346 e. The molecule has 0 aliphatic carbocycles. The molecular formula is C24H18BrFN3O4P. The van der Waals surface area contributed by atoms with Gasteiger partial charge < -0.3 is 19.9 Å². The van der Waals surface area contributed by atoms with Gasteiger partial charge in [0.1, 0.15) is 17.1 Å². The van der Waals surface area contributed by atoms with Gasteiger partial charge in [-0.1, -0.05) is 39.7 Å². The minimum absolute atomic E-state index is 0.0802. The molecule has 34 heavy (non-hydrogen) atoms. The van der Waals surface area contributed by atoms with Crippen LogP contribution in [0.4, 0.5) is 10.1 Å². The molecule has 4 aromatic rings. The Kier molecular flexibility index (Phi) is 5.43. The molecule has 1 aliphatic heterocycles. The molecule has 0 fully saturated rings. The summed E-state index contributed by atoms with van der Waals surface area (Å²) < 4.78 is 33.3. The van der Waals surface area contributed by atoms with Crippen LogP contribution >= 0.6 is 23.4 Å². The molecule has 0 bridgehead atoms. The molecule has 0 saturated heterocycles. The van der Waals surface area contributed by atoms with Gasteiger partial charge in [-0.05, 0) is 55.0 Å². The summed E-state index contributed by atoms with van der Waals surface area (Å²) in [6.45, 7) is 1.90. The van der Waals surface area contributed by atoms with Gasteiger partial charge in [0.15, 0.2) is 5.84 Å². The first kappa shape index (κ1) is 22.5. The third kappa shape index (κ3) is 3.86. The summed E-state index contributed by atoms with van der Waals surface area (Å²) in [7, 11) is -4.24. The first-order chi connectivity index (χ1) is 16.1. The zero-order chi connectivity index (χ0) is 24.2. The van der Waals surface area contributed by atoms with Gasteiger partial charge in [0.05, 0.1) is 23.1 Å². The highest BCUT2D eigenvalue weighted by Crippen LogP contribution is 2.47. The van der Waals surface area contributed by atoms with E-state index in [1.54, 1.807) is 25.1 Å². The smallest absolute Gasteiger partial charge is 0.346 e. The van der Waals surface area contributed by atoms with Crippen LogP contribution in [-0.4, -0.2) is 20.4 Å². The van der Waals surface area contributed by atoms with Gasteiger partial charge >= 0.3 is 7.52 Å². The van der Waals surface area contributed by atoms with Crippen LogP contribution in [-0.2, 0) is 11.1 Å². The fourth-order valence-corrected chi connectivity index (χ4v) is 5.84. The quantitative estimate of drug-likeness (QED) is 0.327. The van der Waals surface area contributed by atoms with Crippen LogP contribution in [0.3, 0.4) is 0 Å². The number of halogens is 2. The Hall–Kier alpha value is -3.26. The average Bonchev–Trinajstić information content (AvgIpc) is 2.77. The van der Waals surface area contributed by atoms with Crippen molar-refractivity contribution in [3.05, 3.63) is 98.0 Å². The van der Waals surface area contributed by atoms with Crippen molar-refractivity contribution < 1.29 is 19.0 Å². The number of nitrogens with zero attached hydrogens (tertiary/aromatic N) is 2. The number of hydrogen-bond donors (Lipinski definition) is 3. The highest BCUT2D eigenvalue weighted by molar-refractivity contribution is 9.10. The van der Waals surface area contributed by atoms with E-state index in [1.165, 1.54) is 16.7 Å². The lowest BCUT2D eigenvalue weighted by molar-refractivity contribution is 0.477. The number of aryl methyl sites for hydroxylation is 1. The second-order valence-electron chi connectivity index (χ2n) is 8.04. The summed E-state index contributed by atoms with van der Waals surface area (Å²) in [5.74, 6) is -1.38. The number of hydrogen-bond acceptors (Lipinski definition) is 4. The van der Waals surface area contributed by atoms with Crippen LogP contribution in [0.15, 0.2) is 74.7 Å². The highest BCUT2D eigenvalue weighted by atomic mass is 79.9. The Labute approximate surface area is 201 Å². The van der Waals surface area contributed by atoms with Gasteiger partial charge in [0.25, 0.3) is 5.56 Å². The molecule has 0 amide bonds. The van der Waals surface area contributed by atoms with Crippen LogP contribution in [0.5, 0.6) is 5.75 Å². The lowest BCUT2D eigenvalue weighted by Gasteiger charge is -2.23. The monoisotopic (exact) mass is 541 g/mol. The summed E-state index contributed by atoms with van der Waals surface area (Å²) >= 11 is 3.41. The molecule has 3 aromatic carbocycles. The lowest BCUT2D eigenvalue weighted by Crippen LogP contribution is -2.33. The number of amidine groups is 1. The third-order valence-corrected chi connectivity index (χ3v) is 7.58. The molecule has 2 heterocycles. The van der Waals surface area contributed by atoms with E-state index in [1.807, 2.05) is 24.3 Å². The summed E-state index contributed by atoms with van der Waals surface area (Å²) in [6.07, 6.45) is 0. The number of nitrogens with one attached hydrogen (secondary N) is 1. The molecule has 0 saturated carbocycles. The second kappa shape index (κ2) is 8.20. The maximum atomic E-state index is 14.1. The maximum absolute atomic E-state index is 14.1. The molecule has 1 aliphatic rings. The van der Waals surface area contributed by atoms with E-state index in [4.69, 9.17) is 0 Å². The molecule has 172 valence electrons. The van der Waals surface area contributed by atoms with Gasteiger partial charge in [-0.2, -0.15) is 4.76 Å². The minimum atomic E-state index is -4.24. The van der Waals surface area contributed by atoms with Gasteiger partial charge in [-0.15, -0.1) is 0 Å². The second-order valence-corrected chi connectivity index (χ2v) is 10.7. The molecule has 7 nitrogen and oxygen atoms in total. The molecule has 5 rings (SSSR count). The Bertz CT molecular complexity index is 1630. The van der Waals surface area contributed by atoms with E-state index in [0.717, 1.165) is 21.7 Å². The van der Waals surface area contributed by atoms with Crippen molar-refractivity contribution in [1.29, 1.82) is 0 Å². The van der Waals surface area contributed by atoms with E-state index >= 15 is 0 Å². The number of benzene rings is 3. The van der Waals surface area contributed by atoms with Crippen LogP contribution in [0, 0.1) is 12.7 Å². The van der Waals surface area contributed by atoms with Crippen molar-refractivity contribution in [1.82, 2.24) is 4.57 Å². The van der Waals surface area contributed by atoms with Crippen LogP contribution in [0.2, 0.25) is 0 Å². The first-order valence-electron chi connectivity index (χ1n) is 10.2. The Morgan fingerprint density at radius 2 is 1.94 bits per heavy atom. The number of aromatic nitrogens is 1. The fraction of sp³-hybridized carbons (Fsp3) is 0.0833. The predicted molar refractivity (Wildman–Crippen MR) is 134 cm³/mol. The molecule has 0 spiro atoms. The van der Waals surface area contributed by atoms with Crippen molar-refractivity contribution in [3.63, 3.8) is 0 Å². The highest BCUT2D eigenvalue weighted by Gasteiger charge is 2.33. The normalized spacial score (nSPS) is 17.2. The van der Waals surface area contributed by atoms with Crippen molar-refractivity contribution in [2.45, 2.75) is 13.5 Å². The summed E-state index contributed by atoms with van der Waals surface area (Å²) in [6, 6.07) is 16.0. The first-order valence-corrected chi connectivity index (χ1v) is 12.7. The zero-order valence-electron chi connectivity index (χ0n) is 17.8. The third-order valence-electron chi connectivity index (χ3n) is 5.62. The van der Waals surface area contributed by atoms with Crippen molar-refractivity contribution in [3.8, 4) is 5.75 Å². The fourth-order valence-electron chi connectivity index (χ4n) is 4.04. The number of rotatable bonds is 3. The van der Waals surface area contributed by atoms with Crippen molar-refractivity contribution in [2.75, 3.05) is 5.32 Å². The molecule has 0 radical (unpaired) electrons. The zero-order valence-corrected chi connectivity index (χ0v) is 20.3. The Balaban J connectivity index is 1.77. The standard InChI is InChI=1S/C24H18BrFN3O4P/c1-13-5-7-18-20(9-13)34(32,33)28-23(27-18)21-22(30)17-11-16(26)6-8-19(17)29(24(21)31)12-14-3-2-4-15(25)10-14/h2-11,30H,12H2,1H3,(H2,27,28,32,33). The van der Waals surface area contributed by atoms with Gasteiger partial charge in [0.2, 0.25) is 0 Å². The van der Waals surface area contributed by atoms with Gasteiger partial charge in [-0.3, -0.25) is 9.36 Å². The van der Waals surface area contributed by atoms with E-state index in [9.17, 15) is 23.7 Å². The van der Waals surface area contributed by atoms with Crippen LogP contribution in [0.25, 0.3) is 10.9 Å². The van der Waals surface area contributed by atoms with E-state index < -0.39 is 24.6 Å². The van der Waals surface area contributed by atoms with E-state index in [2.05, 4.69) is 26.0 Å². The van der Waals surface area contributed by atoms with E-state index in [-0.39, 0.29) is 28.6 Å². The van der Waals surface area contributed by atoms with Crippen LogP contribution < -0.4 is 16.2 Å². The molecule has 1 atom stereocenters. The molecule has 1 unspecified atom stereocenters. The van der Waals surface area contributed by atoms with Crippen LogP contribution in [0.1, 0.15) is 16.7 Å². The summed E-state index contributed by atoms with van der Waals surface area (Å²) in [4.78, 5) is 24.3. The summed E-state index contributed by atoms with van der Waals surface area (Å²) in [5, 5.41) is 14.1. The minimum Gasteiger partial charge on any atom is -0.506 e. The van der Waals surface area contributed by atoms with Gasteiger partial charge in [-0.25, -0.2) is 4.39 Å². The van der Waals surface area contributed by atoms with Crippen molar-refractivity contribution >= 4 is 51.2 Å². The predicted octanol–water partition coefficient (Wildman–Crippen LogP) is 4.65. The molecule has 1 aromatic heterocycles. The SMILES string of the molecule is Cc1ccc2c(c1)P(=O)(O)N=C(c1c(O)c3cc(F)ccc3n(Cc3cccc(Br)c3)c1=O)N2. The summed E-state index contributed by atoms with van der Waals surface area (Å²) in [5.41, 5.74) is 1.22. The number of fused-ring (bicyclic) bond motifs is 2. The van der Waals surface area contributed by atoms with Gasteiger partial charge in [0, 0.05) is 9.86 Å². The Morgan fingerprint density at radius 1 is 1.15 bits per heavy atom. The topological polar surface area (TPSA) is 104 Å². The molecular weight excluding hydrogens is 524 g/mol. The van der Waals surface area contributed by atoms with Crippen molar-refractivity contribution in [2.24, 2.45) is 4.76 Å². The largest absolute Gasteiger partial charge is 0.506 e. The number of anilines is 1. The lowest BCUT2D eigenvalue weighted by atomic mass is 10.1. The van der Waals surface area contributed by atoms with E-state index in [0.29, 0.717) is 11.2 Å². The number of aromatic hydroxyl groups is 1. The average molecular weight is 542 g/mol. The number of pyridine rings is 1. The molecule has 3 N–H and O–H groups in total. The Morgan fingerprint density at radius 3 is 2.71 bits per heavy atom.